The minimum absolute atomic E-state index is 0. The SMILES string of the molecule is Oc1ccc[n+](Cc2ccc(-c3ccccc3)cc2)c1.[Cl-]. The number of rotatable bonds is 3. The van der Waals surface area contributed by atoms with E-state index in [1.807, 2.05) is 35.0 Å². The lowest BCUT2D eigenvalue weighted by Gasteiger charge is -2.03. The van der Waals surface area contributed by atoms with Gasteiger partial charge in [0.2, 0.25) is 6.20 Å². The van der Waals surface area contributed by atoms with E-state index in [2.05, 4.69) is 36.4 Å². The van der Waals surface area contributed by atoms with Crippen molar-refractivity contribution in [3.63, 3.8) is 0 Å². The van der Waals surface area contributed by atoms with Gasteiger partial charge in [0.15, 0.2) is 18.5 Å². The van der Waals surface area contributed by atoms with Gasteiger partial charge >= 0.3 is 0 Å². The number of benzene rings is 2. The summed E-state index contributed by atoms with van der Waals surface area (Å²) in [6.45, 7) is 0.753. The van der Waals surface area contributed by atoms with Gasteiger partial charge in [-0.2, -0.15) is 4.57 Å². The predicted octanol–water partition coefficient (Wildman–Crippen LogP) is 0.399. The number of pyridine rings is 1. The summed E-state index contributed by atoms with van der Waals surface area (Å²) in [5, 5.41) is 9.46. The first kappa shape index (κ1) is 15.1. The second-order valence-electron chi connectivity index (χ2n) is 4.80. The Morgan fingerprint density at radius 3 is 2.10 bits per heavy atom. The van der Waals surface area contributed by atoms with Crippen LogP contribution in [0.5, 0.6) is 5.75 Å². The van der Waals surface area contributed by atoms with E-state index in [1.165, 1.54) is 16.7 Å². The molecule has 1 N–H and O–H groups in total. The number of halogens is 1. The normalized spacial score (nSPS) is 9.90. The summed E-state index contributed by atoms with van der Waals surface area (Å²) >= 11 is 0. The molecular weight excluding hydrogens is 282 g/mol. The summed E-state index contributed by atoms with van der Waals surface area (Å²) in [6.07, 6.45) is 3.68. The molecule has 0 saturated carbocycles. The summed E-state index contributed by atoms with van der Waals surface area (Å²) < 4.78 is 1.97. The van der Waals surface area contributed by atoms with Gasteiger partial charge in [-0.3, -0.25) is 0 Å². The average Bonchev–Trinajstić information content (AvgIpc) is 2.49. The number of nitrogens with zero attached hydrogens (tertiary/aromatic N) is 1. The van der Waals surface area contributed by atoms with Crippen molar-refractivity contribution in [2.45, 2.75) is 6.54 Å². The maximum absolute atomic E-state index is 9.46. The third kappa shape index (κ3) is 3.83. The highest BCUT2D eigenvalue weighted by Crippen LogP contribution is 2.19. The van der Waals surface area contributed by atoms with E-state index in [-0.39, 0.29) is 18.2 Å². The van der Waals surface area contributed by atoms with Gasteiger partial charge in [-0.1, -0.05) is 54.6 Å². The van der Waals surface area contributed by atoms with Crippen molar-refractivity contribution < 1.29 is 22.1 Å². The number of hydrogen-bond donors (Lipinski definition) is 1. The van der Waals surface area contributed by atoms with Crippen molar-refractivity contribution >= 4 is 0 Å². The molecule has 1 heterocycles. The minimum atomic E-state index is 0. The second kappa shape index (κ2) is 6.91. The van der Waals surface area contributed by atoms with E-state index in [0.29, 0.717) is 0 Å². The fraction of sp³-hybridized carbons (Fsp3) is 0.0556. The standard InChI is InChI=1S/C18H15NO.ClH/c20-18-7-4-12-19(14-18)13-15-8-10-17(11-9-15)16-5-2-1-3-6-16;/h1-12,14H,13H2;1H. The molecule has 0 aliphatic carbocycles. The van der Waals surface area contributed by atoms with Crippen molar-refractivity contribution in [2.24, 2.45) is 0 Å². The maximum atomic E-state index is 9.46. The summed E-state index contributed by atoms with van der Waals surface area (Å²) in [5.41, 5.74) is 3.65. The monoisotopic (exact) mass is 297 g/mol. The molecule has 0 fully saturated rings. The highest BCUT2D eigenvalue weighted by atomic mass is 35.5. The third-order valence-corrected chi connectivity index (χ3v) is 3.27. The van der Waals surface area contributed by atoms with Crippen molar-refractivity contribution in [3.05, 3.63) is 84.7 Å². The summed E-state index contributed by atoms with van der Waals surface area (Å²) in [5.74, 6) is 0.286. The fourth-order valence-electron chi connectivity index (χ4n) is 2.25. The third-order valence-electron chi connectivity index (χ3n) is 3.27. The number of hydrogen-bond acceptors (Lipinski definition) is 1. The Balaban J connectivity index is 0.00000161. The molecule has 2 nitrogen and oxygen atoms in total. The number of aromatic nitrogens is 1. The van der Waals surface area contributed by atoms with Crippen LogP contribution in [0.3, 0.4) is 0 Å². The van der Waals surface area contributed by atoms with Crippen LogP contribution < -0.4 is 17.0 Å². The maximum Gasteiger partial charge on any atom is 0.211 e. The van der Waals surface area contributed by atoms with Crippen LogP contribution in [-0.4, -0.2) is 5.11 Å². The van der Waals surface area contributed by atoms with Gasteiger partial charge in [0.25, 0.3) is 0 Å². The molecular formula is C18H16ClNO. The molecule has 0 bridgehead atoms. The Kier molecular flexibility index (Phi) is 4.96. The Morgan fingerprint density at radius 2 is 1.43 bits per heavy atom. The molecule has 21 heavy (non-hydrogen) atoms. The van der Waals surface area contributed by atoms with Gasteiger partial charge in [-0.05, 0) is 17.2 Å². The van der Waals surface area contributed by atoms with Crippen LogP contribution in [0.4, 0.5) is 0 Å². The first-order valence-electron chi connectivity index (χ1n) is 6.64. The van der Waals surface area contributed by atoms with Crippen LogP contribution in [0.15, 0.2) is 79.1 Å². The Hall–Kier alpha value is -2.32. The zero-order valence-electron chi connectivity index (χ0n) is 11.5. The van der Waals surface area contributed by atoms with Gasteiger partial charge in [-0.25, -0.2) is 0 Å². The first-order chi connectivity index (χ1) is 9.81. The fourth-order valence-corrected chi connectivity index (χ4v) is 2.25. The topological polar surface area (TPSA) is 24.1 Å². The molecule has 3 heteroatoms. The molecule has 0 saturated heterocycles. The lowest BCUT2D eigenvalue weighted by Crippen LogP contribution is -3.00. The molecule has 106 valence electrons. The van der Waals surface area contributed by atoms with Gasteiger partial charge in [0.1, 0.15) is 0 Å². The molecule has 0 unspecified atom stereocenters. The molecule has 0 spiro atoms. The molecule has 3 aromatic rings. The molecule has 1 aromatic heterocycles. The predicted molar refractivity (Wildman–Crippen MR) is 79.3 cm³/mol. The van der Waals surface area contributed by atoms with E-state index >= 15 is 0 Å². The zero-order chi connectivity index (χ0) is 13.8. The van der Waals surface area contributed by atoms with E-state index in [1.54, 1.807) is 12.3 Å². The molecule has 0 radical (unpaired) electrons. The zero-order valence-corrected chi connectivity index (χ0v) is 12.2. The smallest absolute Gasteiger partial charge is 0.211 e. The van der Waals surface area contributed by atoms with Gasteiger partial charge < -0.3 is 17.5 Å². The summed E-state index contributed by atoms with van der Waals surface area (Å²) in [4.78, 5) is 0. The van der Waals surface area contributed by atoms with Gasteiger partial charge in [-0.15, -0.1) is 0 Å². The van der Waals surface area contributed by atoms with Crippen LogP contribution in [0.1, 0.15) is 5.56 Å². The average molecular weight is 298 g/mol. The van der Waals surface area contributed by atoms with Gasteiger partial charge in [0, 0.05) is 11.6 Å². The Morgan fingerprint density at radius 1 is 0.762 bits per heavy atom. The molecule has 2 aromatic carbocycles. The first-order valence-corrected chi connectivity index (χ1v) is 6.64. The summed E-state index contributed by atoms with van der Waals surface area (Å²) in [7, 11) is 0. The van der Waals surface area contributed by atoms with Crippen LogP contribution >= 0.6 is 0 Å². The number of aromatic hydroxyl groups is 1. The second-order valence-corrected chi connectivity index (χ2v) is 4.80. The van der Waals surface area contributed by atoms with E-state index in [4.69, 9.17) is 0 Å². The highest BCUT2D eigenvalue weighted by Gasteiger charge is 2.04. The van der Waals surface area contributed by atoms with Crippen LogP contribution in [0, 0.1) is 0 Å². The molecule has 3 rings (SSSR count). The Bertz CT molecular complexity index is 696. The van der Waals surface area contributed by atoms with E-state index in [0.717, 1.165) is 6.54 Å². The van der Waals surface area contributed by atoms with Gasteiger partial charge in [0.05, 0.1) is 0 Å². The van der Waals surface area contributed by atoms with Crippen LogP contribution in [-0.2, 0) is 6.54 Å². The van der Waals surface area contributed by atoms with E-state index < -0.39 is 0 Å². The quantitative estimate of drug-likeness (QED) is 0.695. The molecule has 0 atom stereocenters. The van der Waals surface area contributed by atoms with Crippen molar-refractivity contribution in [3.8, 4) is 16.9 Å². The van der Waals surface area contributed by atoms with Crippen molar-refractivity contribution in [1.82, 2.24) is 0 Å². The molecule has 0 amide bonds. The Labute approximate surface area is 130 Å². The lowest BCUT2D eigenvalue weighted by molar-refractivity contribution is -0.688. The lowest BCUT2D eigenvalue weighted by atomic mass is 10.0. The molecule has 0 aliphatic heterocycles. The minimum Gasteiger partial charge on any atom is -1.00 e. The highest BCUT2D eigenvalue weighted by molar-refractivity contribution is 5.63. The van der Waals surface area contributed by atoms with Crippen molar-refractivity contribution in [1.29, 1.82) is 0 Å². The van der Waals surface area contributed by atoms with E-state index in [9.17, 15) is 5.11 Å². The van der Waals surface area contributed by atoms with Crippen LogP contribution in [0.25, 0.3) is 11.1 Å². The van der Waals surface area contributed by atoms with Crippen LogP contribution in [0.2, 0.25) is 0 Å². The largest absolute Gasteiger partial charge is 1.00 e. The summed E-state index contributed by atoms with van der Waals surface area (Å²) in [6, 6.07) is 22.4. The molecule has 0 aliphatic rings. The van der Waals surface area contributed by atoms with Crippen molar-refractivity contribution in [2.75, 3.05) is 0 Å².